The Morgan fingerprint density at radius 3 is 2.62 bits per heavy atom. The summed E-state index contributed by atoms with van der Waals surface area (Å²) >= 11 is 1.49. The van der Waals surface area contributed by atoms with Gasteiger partial charge in [-0.3, -0.25) is 4.79 Å². The van der Waals surface area contributed by atoms with E-state index >= 15 is 0 Å². The lowest BCUT2D eigenvalue weighted by Gasteiger charge is -2.07. The molecule has 0 saturated carbocycles. The molecule has 5 nitrogen and oxygen atoms in total. The molecule has 24 heavy (non-hydrogen) atoms. The van der Waals surface area contributed by atoms with Crippen molar-refractivity contribution in [3.63, 3.8) is 0 Å². The second kappa shape index (κ2) is 6.49. The first kappa shape index (κ1) is 16.3. The van der Waals surface area contributed by atoms with Gasteiger partial charge >= 0.3 is 0 Å². The van der Waals surface area contributed by atoms with Crippen LogP contribution in [0.25, 0.3) is 10.2 Å². The van der Waals surface area contributed by atoms with E-state index in [9.17, 15) is 4.79 Å². The first-order valence-electron chi connectivity index (χ1n) is 7.40. The second-order valence-electron chi connectivity index (χ2n) is 5.40. The summed E-state index contributed by atoms with van der Waals surface area (Å²) in [6.45, 7) is 2.04. The molecule has 3 rings (SSSR count). The zero-order valence-electron chi connectivity index (χ0n) is 14.0. The Hall–Kier alpha value is -2.60. The fraction of sp³-hybridized carbons (Fsp3) is 0.222. The van der Waals surface area contributed by atoms with Crippen molar-refractivity contribution in [3.8, 4) is 11.5 Å². The molecule has 0 unspecified atom stereocenters. The van der Waals surface area contributed by atoms with E-state index in [0.29, 0.717) is 21.9 Å². The van der Waals surface area contributed by atoms with Gasteiger partial charge in [0.15, 0.2) is 4.80 Å². The predicted octanol–water partition coefficient (Wildman–Crippen LogP) is 3.31. The van der Waals surface area contributed by atoms with Gasteiger partial charge in [-0.25, -0.2) is 0 Å². The van der Waals surface area contributed by atoms with Crippen LogP contribution in [0.1, 0.15) is 15.9 Å². The van der Waals surface area contributed by atoms with Gasteiger partial charge in [0.2, 0.25) is 0 Å². The summed E-state index contributed by atoms with van der Waals surface area (Å²) in [5.41, 5.74) is 2.64. The van der Waals surface area contributed by atoms with E-state index in [0.717, 1.165) is 10.2 Å². The largest absolute Gasteiger partial charge is 0.497 e. The molecule has 0 N–H and O–H groups in total. The number of carbonyl (C=O) groups excluding carboxylic acids is 1. The third-order valence-corrected chi connectivity index (χ3v) is 4.90. The summed E-state index contributed by atoms with van der Waals surface area (Å²) in [5, 5.41) is 0. The van der Waals surface area contributed by atoms with Crippen molar-refractivity contribution in [1.82, 2.24) is 4.57 Å². The Morgan fingerprint density at radius 1 is 1.12 bits per heavy atom. The van der Waals surface area contributed by atoms with Crippen LogP contribution in [-0.4, -0.2) is 24.7 Å². The molecule has 1 heterocycles. The molecule has 2 aromatic carbocycles. The van der Waals surface area contributed by atoms with Crippen LogP contribution in [0.4, 0.5) is 0 Å². The van der Waals surface area contributed by atoms with Gasteiger partial charge in [-0.2, -0.15) is 4.99 Å². The molecule has 0 atom stereocenters. The number of carbonyl (C=O) groups is 1. The summed E-state index contributed by atoms with van der Waals surface area (Å²) in [5.74, 6) is 0.738. The molecule has 3 aromatic rings. The number of rotatable bonds is 3. The maximum absolute atomic E-state index is 12.6. The van der Waals surface area contributed by atoms with Gasteiger partial charge < -0.3 is 14.0 Å². The molecule has 0 aliphatic carbocycles. The fourth-order valence-corrected chi connectivity index (χ4v) is 3.59. The zero-order chi connectivity index (χ0) is 17.3. The topological polar surface area (TPSA) is 52.8 Å². The van der Waals surface area contributed by atoms with Crippen LogP contribution in [-0.2, 0) is 7.05 Å². The predicted molar refractivity (Wildman–Crippen MR) is 95.0 cm³/mol. The van der Waals surface area contributed by atoms with Gasteiger partial charge in [-0.05, 0) is 36.8 Å². The second-order valence-corrected chi connectivity index (χ2v) is 6.41. The molecule has 1 aromatic heterocycles. The van der Waals surface area contributed by atoms with Crippen LogP contribution in [0.5, 0.6) is 11.5 Å². The van der Waals surface area contributed by atoms with E-state index in [1.165, 1.54) is 24.0 Å². The number of methoxy groups -OCH3 is 2. The highest BCUT2D eigenvalue weighted by molar-refractivity contribution is 7.16. The number of thiazole rings is 1. The number of benzene rings is 2. The lowest BCUT2D eigenvalue weighted by Crippen LogP contribution is -2.13. The maximum atomic E-state index is 12.6. The highest BCUT2D eigenvalue weighted by Crippen LogP contribution is 2.25. The van der Waals surface area contributed by atoms with Gasteiger partial charge in [0.1, 0.15) is 11.5 Å². The van der Waals surface area contributed by atoms with Gasteiger partial charge in [-0.1, -0.05) is 17.4 Å². The number of fused-ring (bicyclic) bond motifs is 1. The van der Waals surface area contributed by atoms with Crippen molar-refractivity contribution in [1.29, 1.82) is 0 Å². The minimum absolute atomic E-state index is 0.339. The molecule has 124 valence electrons. The van der Waals surface area contributed by atoms with Crippen molar-refractivity contribution >= 4 is 27.5 Å². The van der Waals surface area contributed by atoms with E-state index in [4.69, 9.17) is 9.47 Å². The summed E-state index contributed by atoms with van der Waals surface area (Å²) in [6, 6.07) is 11.3. The van der Waals surface area contributed by atoms with Gasteiger partial charge in [0.05, 0.1) is 30.0 Å². The van der Waals surface area contributed by atoms with E-state index in [2.05, 4.69) is 11.1 Å². The minimum atomic E-state index is -0.339. The normalized spacial score (nSPS) is 11.8. The van der Waals surface area contributed by atoms with Crippen LogP contribution in [0.2, 0.25) is 0 Å². The SMILES string of the molecule is COc1ccc(C(=O)N=c2sc3cc(C)ccc3n2C)c(OC)c1. The van der Waals surface area contributed by atoms with Crippen LogP contribution < -0.4 is 14.3 Å². The third-order valence-electron chi connectivity index (χ3n) is 3.80. The number of amides is 1. The molecule has 0 aliphatic rings. The highest BCUT2D eigenvalue weighted by atomic mass is 32.1. The van der Waals surface area contributed by atoms with Crippen molar-refractivity contribution in [2.45, 2.75) is 6.92 Å². The smallest absolute Gasteiger partial charge is 0.283 e. The molecule has 0 aliphatic heterocycles. The standard InChI is InChI=1S/C18H18N2O3S/c1-11-5-8-14-16(9-11)24-18(20(14)2)19-17(21)13-7-6-12(22-3)10-15(13)23-4/h5-10H,1-4H3. The number of ether oxygens (including phenoxy) is 2. The summed E-state index contributed by atoms with van der Waals surface area (Å²) < 4.78 is 13.5. The maximum Gasteiger partial charge on any atom is 0.283 e. The summed E-state index contributed by atoms with van der Waals surface area (Å²) in [6.07, 6.45) is 0. The van der Waals surface area contributed by atoms with E-state index in [1.54, 1.807) is 25.3 Å². The molecule has 0 spiro atoms. The van der Waals surface area contributed by atoms with Crippen LogP contribution in [0.3, 0.4) is 0 Å². The molecule has 1 amide bonds. The Morgan fingerprint density at radius 2 is 1.92 bits per heavy atom. The minimum Gasteiger partial charge on any atom is -0.497 e. The summed E-state index contributed by atoms with van der Waals surface area (Å²) in [4.78, 5) is 17.5. The molecule has 0 bridgehead atoms. The van der Waals surface area contributed by atoms with Crippen molar-refractivity contribution in [2.75, 3.05) is 14.2 Å². The zero-order valence-corrected chi connectivity index (χ0v) is 14.8. The Bertz CT molecular complexity index is 986. The van der Waals surface area contributed by atoms with Crippen molar-refractivity contribution in [3.05, 3.63) is 52.3 Å². The fourth-order valence-electron chi connectivity index (χ4n) is 2.47. The molecule has 0 saturated heterocycles. The Balaban J connectivity index is 2.09. The molecule has 0 fully saturated rings. The third kappa shape index (κ3) is 2.92. The first-order chi connectivity index (χ1) is 11.5. The van der Waals surface area contributed by atoms with Crippen LogP contribution >= 0.6 is 11.3 Å². The molecule has 6 heteroatoms. The van der Waals surface area contributed by atoms with Crippen LogP contribution in [0.15, 0.2) is 41.4 Å². The van der Waals surface area contributed by atoms with Crippen molar-refractivity contribution < 1.29 is 14.3 Å². The summed E-state index contributed by atoms with van der Waals surface area (Å²) in [7, 11) is 5.00. The van der Waals surface area contributed by atoms with Gasteiger partial charge in [0.25, 0.3) is 5.91 Å². The quantitative estimate of drug-likeness (QED) is 0.734. The Kier molecular flexibility index (Phi) is 4.40. The number of hydrogen-bond acceptors (Lipinski definition) is 4. The van der Waals surface area contributed by atoms with Gasteiger partial charge in [0, 0.05) is 13.1 Å². The molecule has 0 radical (unpaired) electrons. The number of aryl methyl sites for hydroxylation is 2. The molecular formula is C18H18N2O3S. The van der Waals surface area contributed by atoms with Crippen LogP contribution in [0, 0.1) is 6.92 Å². The average Bonchev–Trinajstić information content (AvgIpc) is 2.89. The number of hydrogen-bond donors (Lipinski definition) is 0. The highest BCUT2D eigenvalue weighted by Gasteiger charge is 2.13. The van der Waals surface area contributed by atoms with Crippen molar-refractivity contribution in [2.24, 2.45) is 12.0 Å². The van der Waals surface area contributed by atoms with E-state index in [-0.39, 0.29) is 5.91 Å². The number of aromatic nitrogens is 1. The van der Waals surface area contributed by atoms with E-state index in [1.807, 2.05) is 30.7 Å². The lowest BCUT2D eigenvalue weighted by molar-refractivity contribution is 0.0995. The monoisotopic (exact) mass is 342 g/mol. The first-order valence-corrected chi connectivity index (χ1v) is 8.22. The van der Waals surface area contributed by atoms with E-state index < -0.39 is 0 Å². The molecular weight excluding hydrogens is 324 g/mol. The Labute approximate surface area is 143 Å². The number of nitrogens with zero attached hydrogens (tertiary/aromatic N) is 2. The average molecular weight is 342 g/mol. The lowest BCUT2D eigenvalue weighted by atomic mass is 10.2. The van der Waals surface area contributed by atoms with Gasteiger partial charge in [-0.15, -0.1) is 0 Å².